The van der Waals surface area contributed by atoms with Crippen molar-refractivity contribution in [1.29, 1.82) is 0 Å². The molecule has 0 saturated carbocycles. The molecule has 0 aromatic carbocycles. The third-order valence-corrected chi connectivity index (χ3v) is 2.29. The van der Waals surface area contributed by atoms with Gasteiger partial charge in [0.1, 0.15) is 0 Å². The zero-order valence-corrected chi connectivity index (χ0v) is 11.5. The molecular weight excluding hydrogens is 204 g/mol. The van der Waals surface area contributed by atoms with Gasteiger partial charge in [-0.1, -0.05) is 13.8 Å². The van der Waals surface area contributed by atoms with E-state index in [0.717, 1.165) is 6.54 Å². The Balaban J connectivity index is 4.03. The first-order valence-corrected chi connectivity index (χ1v) is 5.79. The molecule has 0 saturated heterocycles. The number of nitrogens with zero attached hydrogens (tertiary/aromatic N) is 2. The normalized spacial score (nSPS) is 13.6. The standard InChI is InChI=1S/C12H26N2O2/c1-10(2)9-16-12(15)7-11(14(5)6)8-13(3)4/h10-11H,7-9H2,1-6H3. The molecule has 0 fully saturated rings. The number of ether oxygens (including phenoxy) is 1. The quantitative estimate of drug-likeness (QED) is 0.612. The number of carbonyl (C=O) groups excluding carboxylic acids is 1. The van der Waals surface area contributed by atoms with E-state index >= 15 is 0 Å². The minimum Gasteiger partial charge on any atom is -0.465 e. The van der Waals surface area contributed by atoms with Gasteiger partial charge in [-0.15, -0.1) is 0 Å². The van der Waals surface area contributed by atoms with Crippen molar-refractivity contribution in [3.63, 3.8) is 0 Å². The summed E-state index contributed by atoms with van der Waals surface area (Å²) in [6, 6.07) is 0.217. The second kappa shape index (κ2) is 7.63. The van der Waals surface area contributed by atoms with Crippen LogP contribution in [0.4, 0.5) is 0 Å². The lowest BCUT2D eigenvalue weighted by atomic mass is 10.2. The molecule has 0 rings (SSSR count). The maximum atomic E-state index is 11.6. The minimum atomic E-state index is -0.103. The Labute approximate surface area is 99.5 Å². The third kappa shape index (κ3) is 7.65. The Morgan fingerprint density at radius 2 is 1.75 bits per heavy atom. The first-order chi connectivity index (χ1) is 7.32. The summed E-state index contributed by atoms with van der Waals surface area (Å²) < 4.78 is 5.18. The molecule has 1 atom stereocenters. The van der Waals surface area contributed by atoms with Gasteiger partial charge >= 0.3 is 5.97 Å². The maximum Gasteiger partial charge on any atom is 0.307 e. The summed E-state index contributed by atoms with van der Waals surface area (Å²) in [4.78, 5) is 15.7. The van der Waals surface area contributed by atoms with Crippen LogP contribution in [-0.4, -0.2) is 63.2 Å². The van der Waals surface area contributed by atoms with Crippen molar-refractivity contribution in [1.82, 2.24) is 9.80 Å². The second-order valence-corrected chi connectivity index (χ2v) is 5.16. The number of hydrogen-bond acceptors (Lipinski definition) is 4. The Morgan fingerprint density at radius 1 is 1.19 bits per heavy atom. The summed E-state index contributed by atoms with van der Waals surface area (Å²) in [5, 5.41) is 0. The van der Waals surface area contributed by atoms with E-state index in [4.69, 9.17) is 4.74 Å². The van der Waals surface area contributed by atoms with Crippen LogP contribution in [0.25, 0.3) is 0 Å². The fourth-order valence-electron chi connectivity index (χ4n) is 1.34. The van der Waals surface area contributed by atoms with Crippen LogP contribution in [0.5, 0.6) is 0 Å². The smallest absolute Gasteiger partial charge is 0.307 e. The number of likely N-dealkylation sites (N-methyl/N-ethyl adjacent to an activating group) is 2. The van der Waals surface area contributed by atoms with Crippen LogP contribution in [0.15, 0.2) is 0 Å². The Morgan fingerprint density at radius 3 is 2.12 bits per heavy atom. The molecule has 96 valence electrons. The van der Waals surface area contributed by atoms with E-state index in [2.05, 4.69) is 9.80 Å². The maximum absolute atomic E-state index is 11.6. The van der Waals surface area contributed by atoms with Gasteiger partial charge in [0.2, 0.25) is 0 Å². The minimum absolute atomic E-state index is 0.103. The number of carbonyl (C=O) groups is 1. The summed E-state index contributed by atoms with van der Waals surface area (Å²) in [6.07, 6.45) is 0.456. The molecule has 0 bridgehead atoms. The highest BCUT2D eigenvalue weighted by Crippen LogP contribution is 2.04. The average Bonchev–Trinajstić information content (AvgIpc) is 2.12. The van der Waals surface area contributed by atoms with Crippen LogP contribution in [0.1, 0.15) is 20.3 Å². The first kappa shape index (κ1) is 15.4. The number of rotatable bonds is 7. The van der Waals surface area contributed by atoms with E-state index in [1.165, 1.54) is 0 Å². The lowest BCUT2D eigenvalue weighted by Crippen LogP contribution is -2.39. The monoisotopic (exact) mass is 230 g/mol. The zero-order chi connectivity index (χ0) is 12.7. The van der Waals surface area contributed by atoms with Crippen LogP contribution < -0.4 is 0 Å². The van der Waals surface area contributed by atoms with Crippen molar-refractivity contribution in [3.8, 4) is 0 Å². The van der Waals surface area contributed by atoms with Crippen molar-refractivity contribution in [2.75, 3.05) is 41.3 Å². The van der Waals surface area contributed by atoms with Gasteiger partial charge in [-0.05, 0) is 34.1 Å². The van der Waals surface area contributed by atoms with Crippen molar-refractivity contribution in [3.05, 3.63) is 0 Å². The van der Waals surface area contributed by atoms with Crippen LogP contribution in [-0.2, 0) is 9.53 Å². The fourth-order valence-corrected chi connectivity index (χ4v) is 1.34. The molecule has 0 aromatic rings. The Hall–Kier alpha value is -0.610. The second-order valence-electron chi connectivity index (χ2n) is 5.16. The lowest BCUT2D eigenvalue weighted by molar-refractivity contribution is -0.146. The molecule has 4 heteroatoms. The van der Waals surface area contributed by atoms with Gasteiger partial charge in [0.25, 0.3) is 0 Å². The molecule has 0 aliphatic carbocycles. The van der Waals surface area contributed by atoms with E-state index in [0.29, 0.717) is 18.9 Å². The first-order valence-electron chi connectivity index (χ1n) is 5.79. The van der Waals surface area contributed by atoms with Crippen molar-refractivity contribution in [2.45, 2.75) is 26.3 Å². The molecule has 0 aromatic heterocycles. The van der Waals surface area contributed by atoms with Gasteiger partial charge < -0.3 is 14.5 Å². The molecule has 0 aliphatic rings. The fraction of sp³-hybridized carbons (Fsp3) is 0.917. The molecule has 0 heterocycles. The van der Waals surface area contributed by atoms with Gasteiger partial charge in [-0.25, -0.2) is 0 Å². The highest BCUT2D eigenvalue weighted by Gasteiger charge is 2.17. The van der Waals surface area contributed by atoms with E-state index in [-0.39, 0.29) is 12.0 Å². The summed E-state index contributed by atoms with van der Waals surface area (Å²) in [5.41, 5.74) is 0. The van der Waals surface area contributed by atoms with Crippen LogP contribution in [0.3, 0.4) is 0 Å². The van der Waals surface area contributed by atoms with Gasteiger partial charge in [0, 0.05) is 12.6 Å². The molecule has 16 heavy (non-hydrogen) atoms. The molecule has 0 amide bonds. The summed E-state index contributed by atoms with van der Waals surface area (Å²) >= 11 is 0. The third-order valence-electron chi connectivity index (χ3n) is 2.29. The van der Waals surface area contributed by atoms with Gasteiger partial charge in [0.15, 0.2) is 0 Å². The topological polar surface area (TPSA) is 32.8 Å². The van der Waals surface area contributed by atoms with Gasteiger partial charge in [-0.2, -0.15) is 0 Å². The Bertz CT molecular complexity index is 203. The predicted octanol–water partition coefficient (Wildman–Crippen LogP) is 1.07. The van der Waals surface area contributed by atoms with Crippen molar-refractivity contribution >= 4 is 5.97 Å². The molecular formula is C12H26N2O2. The summed E-state index contributed by atoms with van der Waals surface area (Å²) in [6.45, 7) is 5.46. The average molecular weight is 230 g/mol. The van der Waals surface area contributed by atoms with Crippen LogP contribution in [0, 0.1) is 5.92 Å². The van der Waals surface area contributed by atoms with E-state index < -0.39 is 0 Å². The number of esters is 1. The molecule has 0 N–H and O–H groups in total. The van der Waals surface area contributed by atoms with Gasteiger partial charge in [-0.3, -0.25) is 4.79 Å². The summed E-state index contributed by atoms with van der Waals surface area (Å²) in [5.74, 6) is 0.296. The van der Waals surface area contributed by atoms with E-state index in [9.17, 15) is 4.79 Å². The lowest BCUT2D eigenvalue weighted by Gasteiger charge is -2.26. The SMILES string of the molecule is CC(C)COC(=O)CC(CN(C)C)N(C)C. The molecule has 0 spiro atoms. The largest absolute Gasteiger partial charge is 0.465 e. The van der Waals surface area contributed by atoms with Gasteiger partial charge in [0.05, 0.1) is 13.0 Å². The van der Waals surface area contributed by atoms with Crippen molar-refractivity contribution in [2.24, 2.45) is 5.92 Å². The highest BCUT2D eigenvalue weighted by atomic mass is 16.5. The number of hydrogen-bond donors (Lipinski definition) is 0. The molecule has 0 aliphatic heterocycles. The molecule has 0 radical (unpaired) electrons. The molecule has 1 unspecified atom stereocenters. The summed E-state index contributed by atoms with van der Waals surface area (Å²) in [7, 11) is 8.00. The van der Waals surface area contributed by atoms with Crippen LogP contribution in [0.2, 0.25) is 0 Å². The highest BCUT2D eigenvalue weighted by molar-refractivity contribution is 5.70. The predicted molar refractivity (Wildman–Crippen MR) is 66.4 cm³/mol. The zero-order valence-electron chi connectivity index (χ0n) is 11.5. The molecule has 4 nitrogen and oxygen atoms in total. The Kier molecular flexibility index (Phi) is 7.34. The van der Waals surface area contributed by atoms with Crippen molar-refractivity contribution < 1.29 is 9.53 Å². The van der Waals surface area contributed by atoms with Crippen LogP contribution >= 0.6 is 0 Å². The van der Waals surface area contributed by atoms with E-state index in [1.54, 1.807) is 0 Å². The van der Waals surface area contributed by atoms with E-state index in [1.807, 2.05) is 42.0 Å².